The molecular weight excluding hydrogens is 270 g/mol. The van der Waals surface area contributed by atoms with Crippen molar-refractivity contribution in [3.8, 4) is 11.5 Å². The summed E-state index contributed by atoms with van der Waals surface area (Å²) in [5, 5.41) is 13.9. The lowest BCUT2D eigenvalue weighted by molar-refractivity contribution is 0.114. The van der Waals surface area contributed by atoms with Crippen molar-refractivity contribution in [2.24, 2.45) is 0 Å². The van der Waals surface area contributed by atoms with Crippen LogP contribution in [0, 0.1) is 6.92 Å². The van der Waals surface area contributed by atoms with Crippen molar-refractivity contribution in [2.45, 2.75) is 19.1 Å². The van der Waals surface area contributed by atoms with Crippen LogP contribution in [0.1, 0.15) is 5.82 Å². The van der Waals surface area contributed by atoms with Crippen LogP contribution in [0.25, 0.3) is 11.5 Å². The van der Waals surface area contributed by atoms with E-state index in [1.165, 1.54) is 0 Å². The van der Waals surface area contributed by atoms with Gasteiger partial charge in [0.2, 0.25) is 0 Å². The fourth-order valence-corrected chi connectivity index (χ4v) is 2.60. The number of aromatic nitrogens is 3. The highest BCUT2D eigenvalue weighted by atomic mass is 16.5. The largest absolute Gasteiger partial charge is 0.390 e. The maximum absolute atomic E-state index is 10.1. The van der Waals surface area contributed by atoms with Gasteiger partial charge in [0.25, 0.3) is 5.89 Å². The van der Waals surface area contributed by atoms with Crippen LogP contribution in [0.5, 0.6) is 0 Å². The highest BCUT2D eigenvalue weighted by Gasteiger charge is 2.33. The Morgan fingerprint density at radius 2 is 2.19 bits per heavy atom. The van der Waals surface area contributed by atoms with E-state index in [4.69, 9.17) is 4.52 Å². The quantitative estimate of drug-likeness (QED) is 0.884. The summed E-state index contributed by atoms with van der Waals surface area (Å²) in [6, 6.07) is 3.87. The van der Waals surface area contributed by atoms with Crippen LogP contribution in [-0.4, -0.2) is 64.5 Å². The third kappa shape index (κ3) is 2.74. The molecule has 3 heterocycles. The average Bonchev–Trinajstić information content (AvgIpc) is 3.05. The molecule has 1 saturated heterocycles. The van der Waals surface area contributed by atoms with Crippen molar-refractivity contribution in [3.63, 3.8) is 0 Å². The van der Waals surface area contributed by atoms with E-state index in [0.29, 0.717) is 18.3 Å². The molecule has 0 unspecified atom stereocenters. The first-order chi connectivity index (χ1) is 10.0. The van der Waals surface area contributed by atoms with E-state index in [2.05, 4.69) is 20.0 Å². The number of hydrogen-bond acceptors (Lipinski definition) is 7. The van der Waals surface area contributed by atoms with Gasteiger partial charge in [0.05, 0.1) is 12.1 Å². The van der Waals surface area contributed by atoms with E-state index in [9.17, 15) is 5.11 Å². The molecule has 0 aliphatic carbocycles. The van der Waals surface area contributed by atoms with Gasteiger partial charge in [-0.2, -0.15) is 4.98 Å². The van der Waals surface area contributed by atoms with Crippen molar-refractivity contribution in [1.82, 2.24) is 20.0 Å². The second-order valence-corrected chi connectivity index (χ2v) is 5.55. The lowest BCUT2D eigenvalue weighted by Crippen LogP contribution is -2.38. The summed E-state index contributed by atoms with van der Waals surface area (Å²) in [5.74, 6) is 1.90. The Morgan fingerprint density at radius 3 is 2.81 bits per heavy atom. The van der Waals surface area contributed by atoms with Gasteiger partial charge in [0.15, 0.2) is 5.82 Å². The number of nitrogens with zero attached hydrogens (tertiary/aromatic N) is 5. The number of rotatable bonds is 3. The summed E-state index contributed by atoms with van der Waals surface area (Å²) in [7, 11) is 3.95. The minimum absolute atomic E-state index is 0.112. The summed E-state index contributed by atoms with van der Waals surface area (Å²) in [4.78, 5) is 12.7. The van der Waals surface area contributed by atoms with Crippen LogP contribution in [0.2, 0.25) is 0 Å². The molecule has 1 fully saturated rings. The molecule has 112 valence electrons. The molecular formula is C14H19N5O2. The lowest BCUT2D eigenvalue weighted by Gasteiger charge is -2.21. The van der Waals surface area contributed by atoms with Gasteiger partial charge in [0.1, 0.15) is 5.82 Å². The Morgan fingerprint density at radius 1 is 1.38 bits per heavy atom. The molecule has 0 aromatic carbocycles. The summed E-state index contributed by atoms with van der Waals surface area (Å²) in [6.45, 7) is 3.10. The monoisotopic (exact) mass is 289 g/mol. The standard InChI is InChI=1S/C14H19N5O2/c1-9-16-14(21-17-9)10-4-5-15-13(6-10)19-7-11(18(2)3)12(20)8-19/h4-6,11-12,20H,7-8H2,1-3H3/t11-,12-/m0/s1. The van der Waals surface area contributed by atoms with Crippen LogP contribution in [-0.2, 0) is 0 Å². The summed E-state index contributed by atoms with van der Waals surface area (Å²) in [6.07, 6.45) is 1.34. The zero-order valence-corrected chi connectivity index (χ0v) is 12.4. The van der Waals surface area contributed by atoms with Crippen molar-refractivity contribution < 1.29 is 9.63 Å². The summed E-state index contributed by atoms with van der Waals surface area (Å²) in [5.41, 5.74) is 0.836. The highest BCUT2D eigenvalue weighted by molar-refractivity contribution is 5.59. The van der Waals surface area contributed by atoms with E-state index in [-0.39, 0.29) is 12.1 Å². The molecule has 0 bridgehead atoms. The molecule has 7 nitrogen and oxygen atoms in total. The number of likely N-dealkylation sites (N-methyl/N-ethyl adjacent to an activating group) is 1. The normalized spacial score (nSPS) is 22.2. The van der Waals surface area contributed by atoms with E-state index in [0.717, 1.165) is 17.9 Å². The van der Waals surface area contributed by atoms with Crippen molar-refractivity contribution in [1.29, 1.82) is 0 Å². The van der Waals surface area contributed by atoms with Crippen LogP contribution in [0.3, 0.4) is 0 Å². The number of pyridine rings is 1. The Bertz CT molecular complexity index is 627. The minimum Gasteiger partial charge on any atom is -0.390 e. The lowest BCUT2D eigenvalue weighted by atomic mass is 10.2. The van der Waals surface area contributed by atoms with Crippen molar-refractivity contribution in [2.75, 3.05) is 32.1 Å². The predicted molar refractivity (Wildman–Crippen MR) is 78.0 cm³/mol. The van der Waals surface area contributed by atoms with Crippen molar-refractivity contribution >= 4 is 5.82 Å². The Hall–Kier alpha value is -1.99. The van der Waals surface area contributed by atoms with Gasteiger partial charge in [-0.3, -0.25) is 0 Å². The van der Waals surface area contributed by atoms with Gasteiger partial charge in [-0.15, -0.1) is 0 Å². The van der Waals surface area contributed by atoms with E-state index in [1.54, 1.807) is 13.1 Å². The summed E-state index contributed by atoms with van der Waals surface area (Å²) >= 11 is 0. The van der Waals surface area contributed by atoms with E-state index >= 15 is 0 Å². The SMILES string of the molecule is Cc1noc(-c2ccnc(N3C[C@H](O)[C@@H](N(C)C)C3)c2)n1. The van der Waals surface area contributed by atoms with Crippen LogP contribution in [0.15, 0.2) is 22.9 Å². The van der Waals surface area contributed by atoms with E-state index < -0.39 is 0 Å². The van der Waals surface area contributed by atoms with Crippen LogP contribution in [0.4, 0.5) is 5.82 Å². The third-order valence-electron chi connectivity index (χ3n) is 3.77. The molecule has 7 heteroatoms. The summed E-state index contributed by atoms with van der Waals surface area (Å²) < 4.78 is 5.18. The molecule has 0 spiro atoms. The number of β-amino-alcohol motifs (C(OH)–C–C–N with tert-alkyl or cyclic N) is 1. The molecule has 3 rings (SSSR count). The highest BCUT2D eigenvalue weighted by Crippen LogP contribution is 2.25. The molecule has 2 aromatic rings. The number of hydrogen-bond donors (Lipinski definition) is 1. The Labute approximate surface area is 123 Å². The first-order valence-corrected chi connectivity index (χ1v) is 6.91. The van der Waals surface area contributed by atoms with Gasteiger partial charge in [0, 0.05) is 24.8 Å². The molecule has 0 saturated carbocycles. The number of anilines is 1. The molecule has 21 heavy (non-hydrogen) atoms. The predicted octanol–water partition coefficient (Wildman–Crippen LogP) is 0.551. The molecule has 1 N–H and O–H groups in total. The Kier molecular flexibility index (Phi) is 3.60. The minimum atomic E-state index is -0.379. The second kappa shape index (κ2) is 5.42. The van der Waals surface area contributed by atoms with Gasteiger partial charge in [-0.25, -0.2) is 4.98 Å². The molecule has 2 atom stereocenters. The maximum atomic E-state index is 10.1. The maximum Gasteiger partial charge on any atom is 0.258 e. The topological polar surface area (TPSA) is 78.5 Å². The molecule has 1 aliphatic heterocycles. The molecule has 1 aliphatic rings. The number of aliphatic hydroxyl groups excluding tert-OH is 1. The van der Waals surface area contributed by atoms with Gasteiger partial charge in [-0.1, -0.05) is 5.16 Å². The molecule has 2 aromatic heterocycles. The van der Waals surface area contributed by atoms with Crippen LogP contribution >= 0.6 is 0 Å². The molecule has 0 amide bonds. The Balaban J connectivity index is 1.84. The van der Waals surface area contributed by atoms with E-state index in [1.807, 2.05) is 31.1 Å². The fourth-order valence-electron chi connectivity index (χ4n) is 2.60. The smallest absolute Gasteiger partial charge is 0.258 e. The van der Waals surface area contributed by atoms with Gasteiger partial charge < -0.3 is 19.4 Å². The van der Waals surface area contributed by atoms with Gasteiger partial charge in [-0.05, 0) is 33.2 Å². The zero-order chi connectivity index (χ0) is 15.0. The molecule has 0 radical (unpaired) electrons. The van der Waals surface area contributed by atoms with Gasteiger partial charge >= 0.3 is 0 Å². The first-order valence-electron chi connectivity index (χ1n) is 6.91. The van der Waals surface area contributed by atoms with Crippen molar-refractivity contribution in [3.05, 3.63) is 24.2 Å². The third-order valence-corrected chi connectivity index (χ3v) is 3.77. The number of aryl methyl sites for hydroxylation is 1. The number of aliphatic hydroxyl groups is 1. The fraction of sp³-hybridized carbons (Fsp3) is 0.500. The first kappa shape index (κ1) is 14.0. The second-order valence-electron chi connectivity index (χ2n) is 5.55. The average molecular weight is 289 g/mol. The van der Waals surface area contributed by atoms with Crippen LogP contribution < -0.4 is 4.90 Å². The zero-order valence-electron chi connectivity index (χ0n) is 12.4.